The second-order valence-electron chi connectivity index (χ2n) is 7.76. The van der Waals surface area contributed by atoms with Crippen molar-refractivity contribution in [2.24, 2.45) is 0 Å². The monoisotopic (exact) mass is 395 g/mol. The van der Waals surface area contributed by atoms with Gasteiger partial charge in [0.1, 0.15) is 11.9 Å². The Hall–Kier alpha value is -2.44. The van der Waals surface area contributed by atoms with Gasteiger partial charge in [-0.3, -0.25) is 14.7 Å². The van der Waals surface area contributed by atoms with Crippen LogP contribution < -0.4 is 10.1 Å². The molecule has 0 atom stereocenters. The highest BCUT2D eigenvalue weighted by atomic mass is 16.5. The number of amides is 1. The summed E-state index contributed by atoms with van der Waals surface area (Å²) in [4.78, 5) is 18.9. The topological polar surface area (TPSA) is 63.7 Å². The van der Waals surface area contributed by atoms with Gasteiger partial charge in [0.25, 0.3) is 5.91 Å². The molecule has 154 valence electrons. The number of nitrogens with zero attached hydrogens (tertiary/aromatic N) is 2. The minimum absolute atomic E-state index is 0.0851. The Morgan fingerprint density at radius 1 is 1.03 bits per heavy atom. The molecule has 2 saturated heterocycles. The highest BCUT2D eigenvalue weighted by Gasteiger charge is 2.27. The van der Waals surface area contributed by atoms with Crippen LogP contribution in [0, 0.1) is 0 Å². The predicted molar refractivity (Wildman–Crippen MR) is 111 cm³/mol. The second-order valence-corrected chi connectivity index (χ2v) is 7.76. The van der Waals surface area contributed by atoms with Gasteiger partial charge in [-0.1, -0.05) is 0 Å². The fraction of sp³-hybridized carbons (Fsp3) is 0.478. The smallest absolute Gasteiger partial charge is 0.251 e. The van der Waals surface area contributed by atoms with Crippen LogP contribution in [0.25, 0.3) is 0 Å². The number of carbonyl (C=O) groups is 1. The first-order valence-electron chi connectivity index (χ1n) is 10.5. The molecule has 2 fully saturated rings. The number of likely N-dealkylation sites (tertiary alicyclic amines) is 1. The summed E-state index contributed by atoms with van der Waals surface area (Å²) in [5, 5.41) is 2.93. The van der Waals surface area contributed by atoms with Crippen LogP contribution in [0.3, 0.4) is 0 Å². The fourth-order valence-corrected chi connectivity index (χ4v) is 4.07. The van der Waals surface area contributed by atoms with Crippen molar-refractivity contribution in [1.29, 1.82) is 0 Å². The summed E-state index contributed by atoms with van der Waals surface area (Å²) in [5.74, 6) is 0.748. The fourth-order valence-electron chi connectivity index (χ4n) is 4.07. The van der Waals surface area contributed by atoms with Crippen molar-refractivity contribution in [3.05, 3.63) is 59.9 Å². The van der Waals surface area contributed by atoms with E-state index in [1.54, 1.807) is 12.4 Å². The van der Waals surface area contributed by atoms with E-state index in [2.05, 4.69) is 15.2 Å². The Labute approximate surface area is 172 Å². The maximum Gasteiger partial charge on any atom is 0.251 e. The molecule has 4 rings (SSSR count). The zero-order valence-corrected chi connectivity index (χ0v) is 16.8. The van der Waals surface area contributed by atoms with E-state index in [1.165, 1.54) is 0 Å². The lowest BCUT2D eigenvalue weighted by atomic mass is 10.0. The van der Waals surface area contributed by atoms with Gasteiger partial charge in [-0.05, 0) is 67.6 Å². The molecule has 0 bridgehead atoms. The zero-order chi connectivity index (χ0) is 19.9. The molecule has 6 heteroatoms. The number of ether oxygens (including phenoxy) is 2. The van der Waals surface area contributed by atoms with Crippen molar-refractivity contribution in [2.45, 2.75) is 44.4 Å². The third-order valence-corrected chi connectivity index (χ3v) is 5.81. The molecule has 6 nitrogen and oxygen atoms in total. The maximum absolute atomic E-state index is 12.3. The standard InChI is InChI=1S/C23H29N3O3/c27-23(25-17-18-5-11-24-12-6-18)19-1-3-21(4-2-19)29-22-7-13-26(14-8-22)20-9-15-28-16-10-20/h1-6,11-12,20,22H,7-10,13-17H2,(H,25,27). The van der Waals surface area contributed by atoms with Crippen molar-refractivity contribution in [3.63, 3.8) is 0 Å². The van der Waals surface area contributed by atoms with Crippen molar-refractivity contribution in [3.8, 4) is 5.75 Å². The number of nitrogens with one attached hydrogen (secondary N) is 1. The molecule has 2 aromatic rings. The Bertz CT molecular complexity index is 768. The van der Waals surface area contributed by atoms with Gasteiger partial charge < -0.3 is 14.8 Å². The van der Waals surface area contributed by atoms with Crippen LogP contribution in [0.4, 0.5) is 0 Å². The number of aromatic nitrogens is 1. The van der Waals surface area contributed by atoms with Crippen LogP contribution in [0.5, 0.6) is 5.75 Å². The molecular formula is C23H29N3O3. The van der Waals surface area contributed by atoms with E-state index in [1.807, 2.05) is 36.4 Å². The van der Waals surface area contributed by atoms with Gasteiger partial charge in [-0.15, -0.1) is 0 Å². The van der Waals surface area contributed by atoms with Crippen LogP contribution in [0.15, 0.2) is 48.8 Å². The Morgan fingerprint density at radius 2 is 1.72 bits per heavy atom. The van der Waals surface area contributed by atoms with Crippen LogP contribution in [0.1, 0.15) is 41.6 Å². The quantitative estimate of drug-likeness (QED) is 0.815. The van der Waals surface area contributed by atoms with Crippen LogP contribution in [0.2, 0.25) is 0 Å². The molecule has 2 aliphatic heterocycles. The van der Waals surface area contributed by atoms with Crippen LogP contribution in [-0.2, 0) is 11.3 Å². The van der Waals surface area contributed by atoms with Crippen LogP contribution in [-0.4, -0.2) is 54.2 Å². The summed E-state index contributed by atoms with van der Waals surface area (Å²) in [7, 11) is 0. The van der Waals surface area contributed by atoms with Gasteiger partial charge in [0.05, 0.1) is 0 Å². The van der Waals surface area contributed by atoms with Gasteiger partial charge in [0.2, 0.25) is 0 Å². The first-order chi connectivity index (χ1) is 14.3. The second kappa shape index (κ2) is 9.85. The highest BCUT2D eigenvalue weighted by molar-refractivity contribution is 5.94. The normalized spacial score (nSPS) is 19.0. The van der Waals surface area contributed by atoms with Gasteiger partial charge >= 0.3 is 0 Å². The van der Waals surface area contributed by atoms with Gasteiger partial charge in [-0.2, -0.15) is 0 Å². The molecule has 2 aliphatic rings. The molecule has 1 aromatic carbocycles. The predicted octanol–water partition coefficient (Wildman–Crippen LogP) is 3.03. The van der Waals surface area contributed by atoms with Crippen molar-refractivity contribution in [1.82, 2.24) is 15.2 Å². The molecule has 1 aromatic heterocycles. The Balaban J connectivity index is 1.23. The summed E-state index contributed by atoms with van der Waals surface area (Å²) in [5.41, 5.74) is 1.67. The molecule has 0 saturated carbocycles. The van der Waals surface area contributed by atoms with Gasteiger partial charge in [0.15, 0.2) is 0 Å². The average Bonchev–Trinajstić information content (AvgIpc) is 2.80. The van der Waals surface area contributed by atoms with E-state index < -0.39 is 0 Å². The molecule has 1 amide bonds. The molecule has 0 radical (unpaired) electrons. The molecule has 29 heavy (non-hydrogen) atoms. The van der Waals surface area contributed by atoms with E-state index in [4.69, 9.17) is 9.47 Å². The van der Waals surface area contributed by atoms with E-state index in [9.17, 15) is 4.79 Å². The van der Waals surface area contributed by atoms with Crippen LogP contribution >= 0.6 is 0 Å². The lowest BCUT2D eigenvalue weighted by molar-refractivity contribution is 0.0101. The number of piperidine rings is 1. The Morgan fingerprint density at radius 3 is 2.41 bits per heavy atom. The van der Waals surface area contributed by atoms with Crippen molar-refractivity contribution >= 4 is 5.91 Å². The van der Waals surface area contributed by atoms with Crippen molar-refractivity contribution < 1.29 is 14.3 Å². The lowest BCUT2D eigenvalue weighted by Gasteiger charge is -2.39. The first-order valence-corrected chi connectivity index (χ1v) is 10.5. The van der Waals surface area contributed by atoms with Crippen molar-refractivity contribution in [2.75, 3.05) is 26.3 Å². The molecule has 0 unspecified atom stereocenters. The molecule has 3 heterocycles. The van der Waals surface area contributed by atoms with E-state index in [0.717, 1.165) is 63.3 Å². The lowest BCUT2D eigenvalue weighted by Crippen LogP contribution is -2.46. The third kappa shape index (κ3) is 5.55. The van der Waals surface area contributed by atoms with Gasteiger partial charge in [0, 0.05) is 56.8 Å². The molecule has 1 N–H and O–H groups in total. The number of benzene rings is 1. The van der Waals surface area contributed by atoms with Gasteiger partial charge in [-0.25, -0.2) is 0 Å². The number of hydrogen-bond acceptors (Lipinski definition) is 5. The van der Waals surface area contributed by atoms with E-state index in [-0.39, 0.29) is 12.0 Å². The minimum atomic E-state index is -0.0851. The largest absolute Gasteiger partial charge is 0.490 e. The number of pyridine rings is 1. The SMILES string of the molecule is O=C(NCc1ccncc1)c1ccc(OC2CCN(C3CCOCC3)CC2)cc1. The number of carbonyl (C=O) groups excluding carboxylic acids is 1. The third-order valence-electron chi connectivity index (χ3n) is 5.81. The summed E-state index contributed by atoms with van der Waals surface area (Å²) in [6, 6.07) is 11.9. The summed E-state index contributed by atoms with van der Waals surface area (Å²) >= 11 is 0. The summed E-state index contributed by atoms with van der Waals surface area (Å²) < 4.78 is 11.6. The van der Waals surface area contributed by atoms with E-state index in [0.29, 0.717) is 18.2 Å². The summed E-state index contributed by atoms with van der Waals surface area (Å²) in [6.45, 7) is 4.45. The average molecular weight is 396 g/mol. The molecular weight excluding hydrogens is 366 g/mol. The summed E-state index contributed by atoms with van der Waals surface area (Å²) in [6.07, 6.45) is 8.09. The van der Waals surface area contributed by atoms with E-state index >= 15 is 0 Å². The minimum Gasteiger partial charge on any atom is -0.490 e. The Kier molecular flexibility index (Phi) is 6.75. The molecule has 0 aliphatic carbocycles. The number of hydrogen-bond donors (Lipinski definition) is 1. The number of rotatable bonds is 6. The maximum atomic E-state index is 12.3. The molecule has 0 spiro atoms. The highest BCUT2D eigenvalue weighted by Crippen LogP contribution is 2.23. The first kappa shape index (κ1) is 19.9. The zero-order valence-electron chi connectivity index (χ0n) is 16.8.